The average Bonchev–Trinajstić information content (AvgIpc) is 2.94. The second-order valence-electron chi connectivity index (χ2n) is 4.97. The highest BCUT2D eigenvalue weighted by Gasteiger charge is 2.39. The van der Waals surface area contributed by atoms with E-state index in [1.807, 2.05) is 0 Å². The van der Waals surface area contributed by atoms with Crippen LogP contribution in [0.5, 0.6) is 0 Å². The van der Waals surface area contributed by atoms with Crippen molar-refractivity contribution in [3.8, 4) is 0 Å². The summed E-state index contributed by atoms with van der Waals surface area (Å²) in [4.78, 5) is 11.9. The van der Waals surface area contributed by atoms with E-state index < -0.39 is 0 Å². The number of rotatable bonds is 3. The molecular formula is C13H17NO2. The number of Topliss-reactive ketones (excluding diaryl/α,β-unsaturated/α-hetero) is 1. The van der Waals surface area contributed by atoms with Gasteiger partial charge in [0, 0.05) is 12.5 Å². The third kappa shape index (κ3) is 1.69. The van der Waals surface area contributed by atoms with Crippen LogP contribution >= 0.6 is 0 Å². The summed E-state index contributed by atoms with van der Waals surface area (Å²) < 4.78 is 5.14. The van der Waals surface area contributed by atoms with Crippen LogP contribution in [0.1, 0.15) is 36.2 Å². The number of hydrogen-bond acceptors (Lipinski definition) is 3. The first-order chi connectivity index (χ1) is 7.84. The van der Waals surface area contributed by atoms with E-state index in [0.29, 0.717) is 18.2 Å². The zero-order valence-electron chi connectivity index (χ0n) is 9.32. The molecule has 1 aliphatic heterocycles. The van der Waals surface area contributed by atoms with Crippen LogP contribution in [0.3, 0.4) is 0 Å². The van der Waals surface area contributed by atoms with Crippen molar-refractivity contribution in [1.29, 1.82) is 0 Å². The normalized spacial score (nSPS) is 32.9. The smallest absolute Gasteiger partial charge is 0.199 e. The lowest BCUT2D eigenvalue weighted by Gasteiger charge is -2.16. The standard InChI is InChI=1S/C13H17NO2/c15-12(13-5-2-6-16-13)7-11-10-4-1-3-9(10)8-14-11/h2,5-6,9-11,14H,1,3-4,7-8H2. The van der Waals surface area contributed by atoms with Gasteiger partial charge in [-0.3, -0.25) is 4.79 Å². The highest BCUT2D eigenvalue weighted by Crippen LogP contribution is 2.38. The number of furan rings is 1. The molecular weight excluding hydrogens is 202 g/mol. The van der Waals surface area contributed by atoms with Gasteiger partial charge in [-0.05, 0) is 43.4 Å². The Labute approximate surface area is 95.2 Å². The molecule has 0 amide bonds. The van der Waals surface area contributed by atoms with Gasteiger partial charge in [-0.25, -0.2) is 0 Å². The van der Waals surface area contributed by atoms with E-state index in [1.165, 1.54) is 19.3 Å². The van der Waals surface area contributed by atoms with Gasteiger partial charge < -0.3 is 9.73 Å². The van der Waals surface area contributed by atoms with Crippen molar-refractivity contribution < 1.29 is 9.21 Å². The van der Waals surface area contributed by atoms with Crippen molar-refractivity contribution in [2.75, 3.05) is 6.54 Å². The fraction of sp³-hybridized carbons (Fsp3) is 0.615. The summed E-state index contributed by atoms with van der Waals surface area (Å²) in [7, 11) is 0. The maximum Gasteiger partial charge on any atom is 0.199 e. The second-order valence-corrected chi connectivity index (χ2v) is 4.97. The van der Waals surface area contributed by atoms with E-state index in [0.717, 1.165) is 18.4 Å². The predicted octanol–water partition coefficient (Wildman–Crippen LogP) is 2.24. The molecule has 1 saturated carbocycles. The molecule has 0 spiro atoms. The van der Waals surface area contributed by atoms with Crippen molar-refractivity contribution in [2.45, 2.75) is 31.7 Å². The van der Waals surface area contributed by atoms with Crippen LogP contribution in [0.15, 0.2) is 22.8 Å². The molecule has 2 aliphatic rings. The van der Waals surface area contributed by atoms with Crippen LogP contribution in [0.25, 0.3) is 0 Å². The highest BCUT2D eigenvalue weighted by atomic mass is 16.3. The van der Waals surface area contributed by atoms with Gasteiger partial charge in [-0.2, -0.15) is 0 Å². The number of nitrogens with one attached hydrogen (secondary N) is 1. The Morgan fingerprint density at radius 1 is 1.50 bits per heavy atom. The summed E-state index contributed by atoms with van der Waals surface area (Å²) in [6.45, 7) is 1.10. The Balaban J connectivity index is 1.65. The lowest BCUT2D eigenvalue weighted by Crippen LogP contribution is -2.29. The number of carbonyl (C=O) groups excluding carboxylic acids is 1. The first kappa shape index (κ1) is 10.1. The molecule has 2 fully saturated rings. The third-order valence-electron chi connectivity index (χ3n) is 4.08. The Kier molecular flexibility index (Phi) is 2.56. The quantitative estimate of drug-likeness (QED) is 0.793. The van der Waals surface area contributed by atoms with Crippen molar-refractivity contribution in [2.24, 2.45) is 11.8 Å². The van der Waals surface area contributed by atoms with Gasteiger partial charge in [0.1, 0.15) is 0 Å². The van der Waals surface area contributed by atoms with E-state index in [9.17, 15) is 4.79 Å². The molecule has 0 radical (unpaired) electrons. The monoisotopic (exact) mass is 219 g/mol. The Morgan fingerprint density at radius 3 is 3.25 bits per heavy atom. The van der Waals surface area contributed by atoms with Crippen LogP contribution < -0.4 is 5.32 Å². The second kappa shape index (κ2) is 4.06. The molecule has 3 rings (SSSR count). The fourth-order valence-electron chi connectivity index (χ4n) is 3.26. The van der Waals surface area contributed by atoms with E-state index in [-0.39, 0.29) is 5.78 Å². The summed E-state index contributed by atoms with van der Waals surface area (Å²) in [5.74, 6) is 2.17. The summed E-state index contributed by atoms with van der Waals surface area (Å²) in [5, 5.41) is 3.49. The molecule has 1 aromatic heterocycles. The van der Waals surface area contributed by atoms with Gasteiger partial charge in [-0.15, -0.1) is 0 Å². The maximum atomic E-state index is 11.9. The molecule has 1 aromatic rings. The fourth-order valence-corrected chi connectivity index (χ4v) is 3.26. The molecule has 3 atom stereocenters. The van der Waals surface area contributed by atoms with Crippen molar-refractivity contribution >= 4 is 5.78 Å². The summed E-state index contributed by atoms with van der Waals surface area (Å²) >= 11 is 0. The molecule has 3 unspecified atom stereocenters. The minimum absolute atomic E-state index is 0.134. The minimum Gasteiger partial charge on any atom is -0.461 e. The SMILES string of the molecule is O=C(CC1NCC2CCCC21)c1ccco1. The Bertz CT molecular complexity index is 371. The lowest BCUT2D eigenvalue weighted by molar-refractivity contribution is 0.0936. The highest BCUT2D eigenvalue weighted by molar-refractivity contribution is 5.93. The van der Waals surface area contributed by atoms with Crippen LogP contribution in [-0.4, -0.2) is 18.4 Å². The Hall–Kier alpha value is -1.09. The molecule has 2 heterocycles. The van der Waals surface area contributed by atoms with E-state index >= 15 is 0 Å². The molecule has 1 aliphatic carbocycles. The lowest BCUT2D eigenvalue weighted by atomic mass is 9.91. The third-order valence-corrected chi connectivity index (χ3v) is 4.08. The number of hydrogen-bond donors (Lipinski definition) is 1. The first-order valence-corrected chi connectivity index (χ1v) is 6.14. The van der Waals surface area contributed by atoms with E-state index in [1.54, 1.807) is 18.4 Å². The molecule has 86 valence electrons. The molecule has 16 heavy (non-hydrogen) atoms. The minimum atomic E-state index is 0.134. The van der Waals surface area contributed by atoms with Gasteiger partial charge in [0.15, 0.2) is 11.5 Å². The van der Waals surface area contributed by atoms with Crippen molar-refractivity contribution in [1.82, 2.24) is 5.32 Å². The van der Waals surface area contributed by atoms with E-state index in [4.69, 9.17) is 4.42 Å². The summed E-state index contributed by atoms with van der Waals surface area (Å²) in [5.41, 5.74) is 0. The molecule has 3 nitrogen and oxygen atoms in total. The molecule has 3 heteroatoms. The van der Waals surface area contributed by atoms with Crippen LogP contribution in [0, 0.1) is 11.8 Å². The van der Waals surface area contributed by atoms with Gasteiger partial charge in [0.2, 0.25) is 0 Å². The van der Waals surface area contributed by atoms with Crippen LogP contribution in [-0.2, 0) is 0 Å². The average molecular weight is 219 g/mol. The summed E-state index contributed by atoms with van der Waals surface area (Å²) in [6.07, 6.45) is 6.11. The van der Waals surface area contributed by atoms with Crippen molar-refractivity contribution in [3.63, 3.8) is 0 Å². The largest absolute Gasteiger partial charge is 0.461 e. The molecule has 0 aromatic carbocycles. The predicted molar refractivity (Wildman–Crippen MR) is 60.3 cm³/mol. The molecule has 0 bridgehead atoms. The van der Waals surface area contributed by atoms with Crippen LogP contribution in [0.2, 0.25) is 0 Å². The van der Waals surface area contributed by atoms with Gasteiger partial charge in [0.05, 0.1) is 6.26 Å². The summed E-state index contributed by atoms with van der Waals surface area (Å²) in [6, 6.07) is 3.90. The molecule has 1 N–H and O–H groups in total. The Morgan fingerprint density at radius 2 is 2.44 bits per heavy atom. The zero-order valence-corrected chi connectivity index (χ0v) is 9.32. The first-order valence-electron chi connectivity index (χ1n) is 6.14. The van der Waals surface area contributed by atoms with Gasteiger partial charge >= 0.3 is 0 Å². The number of carbonyl (C=O) groups is 1. The zero-order chi connectivity index (χ0) is 11.0. The van der Waals surface area contributed by atoms with Gasteiger partial charge in [0.25, 0.3) is 0 Å². The molecule has 1 saturated heterocycles. The maximum absolute atomic E-state index is 11.9. The van der Waals surface area contributed by atoms with Gasteiger partial charge in [-0.1, -0.05) is 6.42 Å². The topological polar surface area (TPSA) is 42.2 Å². The van der Waals surface area contributed by atoms with Crippen molar-refractivity contribution in [3.05, 3.63) is 24.2 Å². The van der Waals surface area contributed by atoms with Crippen LogP contribution in [0.4, 0.5) is 0 Å². The number of ketones is 1. The number of fused-ring (bicyclic) bond motifs is 1. The van der Waals surface area contributed by atoms with E-state index in [2.05, 4.69) is 5.32 Å².